The van der Waals surface area contributed by atoms with Gasteiger partial charge in [-0.05, 0) is 43.9 Å². The fraction of sp³-hybridized carbons (Fsp3) is 0.800. The van der Waals surface area contributed by atoms with Crippen LogP contribution in [0.4, 0.5) is 0 Å². The molecule has 5 heteroatoms. The van der Waals surface area contributed by atoms with Gasteiger partial charge in [0.05, 0.1) is 17.9 Å². The lowest BCUT2D eigenvalue weighted by Gasteiger charge is -2.33. The van der Waals surface area contributed by atoms with Gasteiger partial charge in [-0.3, -0.25) is 9.59 Å². The molecule has 2 N–H and O–H groups in total. The van der Waals surface area contributed by atoms with Crippen LogP contribution in [0.25, 0.3) is 0 Å². The molecule has 2 fully saturated rings. The Morgan fingerprint density at radius 2 is 1.85 bits per heavy atom. The molecule has 0 saturated heterocycles. The lowest BCUT2D eigenvalue weighted by Crippen LogP contribution is -2.53. The number of aliphatic carboxylic acids is 1. The molecule has 20 heavy (non-hydrogen) atoms. The first-order valence-electron chi connectivity index (χ1n) is 7.26. The van der Waals surface area contributed by atoms with Crippen molar-refractivity contribution < 1.29 is 14.7 Å². The molecule has 0 spiro atoms. The van der Waals surface area contributed by atoms with E-state index in [1.807, 2.05) is 13.8 Å². The number of carboxylic acid groups (broad SMARTS) is 1. The summed E-state index contributed by atoms with van der Waals surface area (Å²) in [7, 11) is 0. The van der Waals surface area contributed by atoms with E-state index in [1.165, 1.54) is 0 Å². The molecule has 2 aliphatic carbocycles. The standard InChI is InChI=1S/C15H22N2O3/c1-8(2)15(3,7-16)17-13(18)11-9-4-5-10(6-9)12(11)14(19)20/h8-12H,4-6H2,1-3H3,(H,17,18)(H,19,20)/t9-,10+,11-,12+,15?/m1/s1. The normalized spacial score (nSPS) is 34.5. The van der Waals surface area contributed by atoms with E-state index >= 15 is 0 Å². The Morgan fingerprint density at radius 1 is 1.30 bits per heavy atom. The van der Waals surface area contributed by atoms with Gasteiger partial charge < -0.3 is 10.4 Å². The number of nitriles is 1. The maximum absolute atomic E-state index is 12.5. The minimum absolute atomic E-state index is 0.0293. The third kappa shape index (κ3) is 2.28. The second-order valence-corrected chi connectivity index (χ2v) is 6.68. The van der Waals surface area contributed by atoms with Gasteiger partial charge in [-0.2, -0.15) is 5.26 Å². The van der Waals surface area contributed by atoms with Crippen molar-refractivity contribution in [1.82, 2.24) is 5.32 Å². The number of nitrogens with zero attached hydrogens (tertiary/aromatic N) is 1. The van der Waals surface area contributed by atoms with E-state index in [0.29, 0.717) is 0 Å². The van der Waals surface area contributed by atoms with Crippen LogP contribution in [-0.4, -0.2) is 22.5 Å². The van der Waals surface area contributed by atoms with Crippen LogP contribution in [0.3, 0.4) is 0 Å². The number of rotatable bonds is 4. The Bertz CT molecular complexity index is 468. The van der Waals surface area contributed by atoms with Crippen LogP contribution in [0.2, 0.25) is 0 Å². The molecule has 0 radical (unpaired) electrons. The van der Waals surface area contributed by atoms with Gasteiger partial charge in [-0.1, -0.05) is 13.8 Å². The summed E-state index contributed by atoms with van der Waals surface area (Å²) in [6, 6.07) is 2.14. The number of nitrogens with one attached hydrogen (secondary N) is 1. The van der Waals surface area contributed by atoms with Crippen LogP contribution < -0.4 is 5.32 Å². The molecule has 0 aromatic heterocycles. The first-order chi connectivity index (χ1) is 9.30. The van der Waals surface area contributed by atoms with Crippen LogP contribution >= 0.6 is 0 Å². The van der Waals surface area contributed by atoms with E-state index < -0.39 is 23.3 Å². The van der Waals surface area contributed by atoms with Gasteiger partial charge in [0.15, 0.2) is 0 Å². The molecule has 1 amide bonds. The Labute approximate surface area is 119 Å². The van der Waals surface area contributed by atoms with Crippen LogP contribution in [0.1, 0.15) is 40.0 Å². The van der Waals surface area contributed by atoms with Gasteiger partial charge in [0, 0.05) is 0 Å². The van der Waals surface area contributed by atoms with Crippen molar-refractivity contribution in [1.29, 1.82) is 5.26 Å². The fourth-order valence-electron chi connectivity index (χ4n) is 3.66. The number of hydrogen-bond donors (Lipinski definition) is 2. The maximum Gasteiger partial charge on any atom is 0.307 e. The molecule has 5 atom stereocenters. The number of amides is 1. The molecule has 0 heterocycles. The minimum atomic E-state index is -0.942. The molecule has 2 aliphatic rings. The second kappa shape index (κ2) is 5.08. The lowest BCUT2D eigenvalue weighted by molar-refractivity contribution is -0.149. The van der Waals surface area contributed by atoms with E-state index in [0.717, 1.165) is 19.3 Å². The van der Waals surface area contributed by atoms with Crippen LogP contribution in [0, 0.1) is 40.9 Å². The molecule has 0 aliphatic heterocycles. The predicted molar refractivity (Wildman–Crippen MR) is 72.4 cm³/mol. The lowest BCUT2D eigenvalue weighted by atomic mass is 9.78. The summed E-state index contributed by atoms with van der Waals surface area (Å²) in [5, 5.41) is 21.4. The molecular formula is C15H22N2O3. The van der Waals surface area contributed by atoms with Crippen LogP contribution in [-0.2, 0) is 9.59 Å². The highest BCUT2D eigenvalue weighted by Gasteiger charge is 2.54. The summed E-state index contributed by atoms with van der Waals surface area (Å²) in [4.78, 5) is 23.9. The van der Waals surface area contributed by atoms with Crippen LogP contribution in [0.5, 0.6) is 0 Å². The highest BCUT2D eigenvalue weighted by molar-refractivity contribution is 5.86. The quantitative estimate of drug-likeness (QED) is 0.820. The van der Waals surface area contributed by atoms with Crippen molar-refractivity contribution in [2.75, 3.05) is 0 Å². The summed E-state index contributed by atoms with van der Waals surface area (Å²) >= 11 is 0. The Hall–Kier alpha value is -1.57. The largest absolute Gasteiger partial charge is 0.481 e. The molecule has 0 aromatic carbocycles. The van der Waals surface area contributed by atoms with Crippen molar-refractivity contribution in [2.45, 2.75) is 45.6 Å². The van der Waals surface area contributed by atoms with Gasteiger partial charge in [-0.15, -0.1) is 0 Å². The summed E-state index contributed by atoms with van der Waals surface area (Å²) in [6.45, 7) is 5.44. The number of fused-ring (bicyclic) bond motifs is 2. The summed E-state index contributed by atoms with van der Waals surface area (Å²) < 4.78 is 0. The average molecular weight is 278 g/mol. The Kier molecular flexibility index (Phi) is 3.77. The van der Waals surface area contributed by atoms with E-state index in [1.54, 1.807) is 6.92 Å². The topological polar surface area (TPSA) is 90.2 Å². The fourth-order valence-corrected chi connectivity index (χ4v) is 3.66. The Balaban J connectivity index is 2.17. The number of carboxylic acids is 1. The summed E-state index contributed by atoms with van der Waals surface area (Å²) in [5.74, 6) is -1.93. The predicted octanol–water partition coefficient (Wildman–Crippen LogP) is 1.79. The van der Waals surface area contributed by atoms with Crippen LogP contribution in [0.15, 0.2) is 0 Å². The molecule has 2 rings (SSSR count). The second-order valence-electron chi connectivity index (χ2n) is 6.68. The highest BCUT2D eigenvalue weighted by atomic mass is 16.4. The van der Waals surface area contributed by atoms with Gasteiger partial charge in [0.1, 0.15) is 5.54 Å². The number of hydrogen-bond acceptors (Lipinski definition) is 3. The number of carbonyl (C=O) groups excluding carboxylic acids is 1. The average Bonchev–Trinajstić information content (AvgIpc) is 2.97. The molecule has 2 saturated carbocycles. The van der Waals surface area contributed by atoms with Crippen molar-refractivity contribution in [3.63, 3.8) is 0 Å². The molecule has 2 bridgehead atoms. The molecule has 110 valence electrons. The molecule has 1 unspecified atom stereocenters. The zero-order chi connectivity index (χ0) is 15.1. The zero-order valence-corrected chi connectivity index (χ0v) is 12.2. The molecular weight excluding hydrogens is 256 g/mol. The molecule has 5 nitrogen and oxygen atoms in total. The zero-order valence-electron chi connectivity index (χ0n) is 12.2. The van der Waals surface area contributed by atoms with Crippen molar-refractivity contribution in [2.24, 2.45) is 29.6 Å². The van der Waals surface area contributed by atoms with E-state index in [9.17, 15) is 20.0 Å². The van der Waals surface area contributed by atoms with Gasteiger partial charge in [0.25, 0.3) is 0 Å². The van der Waals surface area contributed by atoms with Gasteiger partial charge >= 0.3 is 5.97 Å². The van der Waals surface area contributed by atoms with E-state index in [-0.39, 0.29) is 23.7 Å². The summed E-state index contributed by atoms with van der Waals surface area (Å²) in [6.07, 6.45) is 2.67. The van der Waals surface area contributed by atoms with Crippen molar-refractivity contribution in [3.8, 4) is 6.07 Å². The maximum atomic E-state index is 12.5. The molecule has 0 aromatic rings. The van der Waals surface area contributed by atoms with E-state index in [4.69, 9.17) is 0 Å². The van der Waals surface area contributed by atoms with Crippen molar-refractivity contribution in [3.05, 3.63) is 0 Å². The smallest absolute Gasteiger partial charge is 0.307 e. The van der Waals surface area contributed by atoms with Crippen molar-refractivity contribution >= 4 is 11.9 Å². The van der Waals surface area contributed by atoms with E-state index in [2.05, 4.69) is 11.4 Å². The third-order valence-electron chi connectivity index (χ3n) is 5.27. The SMILES string of the molecule is CC(C)C(C)(C#N)NC(=O)[C@@H]1[C@@H]2CC[C@@H](C2)[C@@H]1C(=O)O. The first-order valence-corrected chi connectivity index (χ1v) is 7.26. The summed E-state index contributed by atoms with van der Waals surface area (Å²) in [5.41, 5.74) is -0.942. The minimum Gasteiger partial charge on any atom is -0.481 e. The van der Waals surface area contributed by atoms with Gasteiger partial charge in [0.2, 0.25) is 5.91 Å². The van der Waals surface area contributed by atoms with Gasteiger partial charge in [-0.25, -0.2) is 0 Å². The first kappa shape index (κ1) is 14.8. The highest BCUT2D eigenvalue weighted by Crippen LogP contribution is 2.52. The third-order valence-corrected chi connectivity index (χ3v) is 5.27. The Morgan fingerprint density at radius 3 is 2.30 bits per heavy atom. The monoisotopic (exact) mass is 278 g/mol. The number of carbonyl (C=O) groups is 2.